The average molecular weight is 211 g/mol. The van der Waals surface area contributed by atoms with Crippen LogP contribution in [0.15, 0.2) is 24.3 Å². The topological polar surface area (TPSA) is 29.5 Å². The minimum absolute atomic E-state index is 0.306. The van der Waals surface area contributed by atoms with Crippen LogP contribution in [0.25, 0.3) is 0 Å². The van der Waals surface area contributed by atoms with Crippen LogP contribution in [0.2, 0.25) is 0 Å². The first-order valence-electron chi connectivity index (χ1n) is 4.98. The first-order valence-corrected chi connectivity index (χ1v) is 4.98. The van der Waals surface area contributed by atoms with E-state index in [1.807, 2.05) is 33.8 Å². The van der Waals surface area contributed by atoms with E-state index in [9.17, 15) is 4.79 Å². The third kappa shape index (κ3) is 6.77. The number of hydrogen-bond acceptors (Lipinski definition) is 2. The van der Waals surface area contributed by atoms with E-state index in [4.69, 9.17) is 4.74 Å². The molecule has 0 aromatic rings. The maximum Gasteiger partial charge on any atom is 0.410 e. The molecular formula is C12H21NO2. The molecule has 1 amide bonds. The van der Waals surface area contributed by atoms with Gasteiger partial charge in [0.2, 0.25) is 0 Å². The van der Waals surface area contributed by atoms with Gasteiger partial charge in [-0.15, -0.1) is 0 Å². The molecule has 0 rings (SSSR count). The molecule has 0 aliphatic rings. The van der Waals surface area contributed by atoms with E-state index < -0.39 is 5.60 Å². The number of carbonyl (C=O) groups excluding carboxylic acids is 1. The Bertz CT molecular complexity index is 261. The van der Waals surface area contributed by atoms with E-state index in [1.165, 1.54) is 0 Å². The lowest BCUT2D eigenvalue weighted by Crippen LogP contribution is -2.35. The molecule has 0 saturated carbocycles. The third-order valence-corrected chi connectivity index (χ3v) is 1.59. The monoisotopic (exact) mass is 211 g/mol. The highest BCUT2D eigenvalue weighted by molar-refractivity contribution is 5.68. The molecule has 0 aliphatic carbocycles. The smallest absolute Gasteiger partial charge is 0.410 e. The Morgan fingerprint density at radius 2 is 2.00 bits per heavy atom. The molecule has 15 heavy (non-hydrogen) atoms. The van der Waals surface area contributed by atoms with Crippen LogP contribution in [0.4, 0.5) is 4.79 Å². The quantitative estimate of drug-likeness (QED) is 0.672. The van der Waals surface area contributed by atoms with Crippen molar-refractivity contribution in [2.45, 2.75) is 33.3 Å². The van der Waals surface area contributed by atoms with Crippen LogP contribution in [0.5, 0.6) is 0 Å². The zero-order chi connectivity index (χ0) is 12.1. The van der Waals surface area contributed by atoms with Crippen molar-refractivity contribution in [1.82, 2.24) is 4.90 Å². The molecule has 86 valence electrons. The number of nitrogens with zero attached hydrogens (tertiary/aromatic N) is 1. The standard InChI is InChI=1S/C12H21NO2/c1-7-8-10(2)9-13(6)11(14)15-12(3,4)5/h7-8H,1,9H2,2-6H3/b10-8+. The van der Waals surface area contributed by atoms with Gasteiger partial charge in [-0.25, -0.2) is 4.79 Å². The van der Waals surface area contributed by atoms with Crippen molar-refractivity contribution in [3.8, 4) is 0 Å². The van der Waals surface area contributed by atoms with E-state index in [2.05, 4.69) is 6.58 Å². The molecular weight excluding hydrogens is 190 g/mol. The largest absolute Gasteiger partial charge is 0.444 e. The fraction of sp³-hybridized carbons (Fsp3) is 0.583. The summed E-state index contributed by atoms with van der Waals surface area (Å²) in [4.78, 5) is 13.1. The Labute approximate surface area is 92.4 Å². The summed E-state index contributed by atoms with van der Waals surface area (Å²) >= 11 is 0. The van der Waals surface area contributed by atoms with Crippen LogP contribution in [0, 0.1) is 0 Å². The van der Waals surface area contributed by atoms with Gasteiger partial charge in [0, 0.05) is 13.6 Å². The predicted molar refractivity (Wildman–Crippen MR) is 62.8 cm³/mol. The Kier molecular flexibility index (Phi) is 5.12. The van der Waals surface area contributed by atoms with Crippen molar-refractivity contribution in [3.63, 3.8) is 0 Å². The second kappa shape index (κ2) is 5.59. The SMILES string of the molecule is C=C/C=C(\C)CN(C)C(=O)OC(C)(C)C. The molecule has 0 saturated heterocycles. The fourth-order valence-corrected chi connectivity index (χ4v) is 1.03. The Morgan fingerprint density at radius 1 is 1.47 bits per heavy atom. The molecule has 0 radical (unpaired) electrons. The molecule has 0 aromatic carbocycles. The van der Waals surface area contributed by atoms with Gasteiger partial charge in [0.1, 0.15) is 5.60 Å². The number of hydrogen-bond donors (Lipinski definition) is 0. The van der Waals surface area contributed by atoms with Gasteiger partial charge in [-0.2, -0.15) is 0 Å². The highest BCUT2D eigenvalue weighted by Gasteiger charge is 2.19. The van der Waals surface area contributed by atoms with Crippen LogP contribution in [0.1, 0.15) is 27.7 Å². The summed E-state index contributed by atoms with van der Waals surface area (Å²) in [5, 5.41) is 0. The number of allylic oxidation sites excluding steroid dienone is 2. The lowest BCUT2D eigenvalue weighted by Gasteiger charge is -2.24. The third-order valence-electron chi connectivity index (χ3n) is 1.59. The van der Waals surface area contributed by atoms with Crippen molar-refractivity contribution in [2.75, 3.05) is 13.6 Å². The number of ether oxygens (including phenoxy) is 1. The van der Waals surface area contributed by atoms with Crippen molar-refractivity contribution >= 4 is 6.09 Å². The zero-order valence-electron chi connectivity index (χ0n) is 10.3. The second-order valence-electron chi connectivity index (χ2n) is 4.59. The van der Waals surface area contributed by atoms with E-state index >= 15 is 0 Å². The van der Waals surface area contributed by atoms with Gasteiger partial charge in [0.25, 0.3) is 0 Å². The highest BCUT2D eigenvalue weighted by atomic mass is 16.6. The molecule has 0 heterocycles. The van der Waals surface area contributed by atoms with Gasteiger partial charge in [0.05, 0.1) is 0 Å². The van der Waals surface area contributed by atoms with Gasteiger partial charge in [0.15, 0.2) is 0 Å². The summed E-state index contributed by atoms with van der Waals surface area (Å²) in [6.07, 6.45) is 3.28. The maximum absolute atomic E-state index is 11.5. The van der Waals surface area contributed by atoms with Gasteiger partial charge in [-0.1, -0.05) is 24.3 Å². The summed E-state index contributed by atoms with van der Waals surface area (Å²) in [5.74, 6) is 0. The van der Waals surface area contributed by atoms with Gasteiger partial charge in [-0.3, -0.25) is 0 Å². The van der Waals surface area contributed by atoms with E-state index in [0.717, 1.165) is 5.57 Å². The molecule has 0 spiro atoms. The van der Waals surface area contributed by atoms with Crippen molar-refractivity contribution < 1.29 is 9.53 Å². The van der Waals surface area contributed by atoms with Crippen molar-refractivity contribution in [1.29, 1.82) is 0 Å². The lowest BCUT2D eigenvalue weighted by atomic mass is 10.2. The molecule has 0 aromatic heterocycles. The van der Waals surface area contributed by atoms with Crippen molar-refractivity contribution in [3.05, 3.63) is 24.3 Å². The Hall–Kier alpha value is -1.25. The molecule has 0 atom stereocenters. The highest BCUT2D eigenvalue weighted by Crippen LogP contribution is 2.09. The first kappa shape index (κ1) is 13.8. The summed E-state index contributed by atoms with van der Waals surface area (Å²) in [6.45, 7) is 11.7. The average Bonchev–Trinajstić information content (AvgIpc) is 2.00. The molecule has 3 nitrogen and oxygen atoms in total. The zero-order valence-corrected chi connectivity index (χ0v) is 10.3. The fourth-order valence-electron chi connectivity index (χ4n) is 1.03. The minimum atomic E-state index is -0.443. The van der Waals surface area contributed by atoms with E-state index in [0.29, 0.717) is 6.54 Å². The van der Waals surface area contributed by atoms with Crippen LogP contribution < -0.4 is 0 Å². The number of likely N-dealkylation sites (N-methyl/N-ethyl adjacent to an activating group) is 1. The van der Waals surface area contributed by atoms with E-state index in [1.54, 1.807) is 18.0 Å². The van der Waals surface area contributed by atoms with Gasteiger partial charge >= 0.3 is 6.09 Å². The van der Waals surface area contributed by atoms with Crippen LogP contribution in [-0.4, -0.2) is 30.2 Å². The van der Waals surface area contributed by atoms with Gasteiger partial charge < -0.3 is 9.64 Å². The van der Waals surface area contributed by atoms with E-state index in [-0.39, 0.29) is 6.09 Å². The van der Waals surface area contributed by atoms with Crippen molar-refractivity contribution in [2.24, 2.45) is 0 Å². The summed E-state index contributed by atoms with van der Waals surface area (Å²) in [7, 11) is 1.72. The number of rotatable bonds is 3. The molecule has 0 fully saturated rings. The maximum atomic E-state index is 11.5. The summed E-state index contributed by atoms with van der Waals surface area (Å²) < 4.78 is 5.21. The number of amides is 1. The first-order chi connectivity index (χ1) is 6.76. The van der Waals surface area contributed by atoms with Crippen LogP contribution >= 0.6 is 0 Å². The Balaban J connectivity index is 4.22. The molecule has 0 aliphatic heterocycles. The van der Waals surface area contributed by atoms with Crippen LogP contribution in [-0.2, 0) is 4.74 Å². The normalized spacial score (nSPS) is 12.2. The van der Waals surface area contributed by atoms with Gasteiger partial charge in [-0.05, 0) is 27.7 Å². The number of carbonyl (C=O) groups is 1. The molecule has 0 bridgehead atoms. The molecule has 0 N–H and O–H groups in total. The lowest BCUT2D eigenvalue weighted by molar-refractivity contribution is 0.0313. The summed E-state index contributed by atoms with van der Waals surface area (Å²) in [5.41, 5.74) is 0.625. The minimum Gasteiger partial charge on any atom is -0.444 e. The second-order valence-corrected chi connectivity index (χ2v) is 4.59. The molecule has 3 heteroatoms. The summed E-state index contributed by atoms with van der Waals surface area (Å²) in [6, 6.07) is 0. The predicted octanol–water partition coefficient (Wildman–Crippen LogP) is 2.99. The Morgan fingerprint density at radius 3 is 2.40 bits per heavy atom. The molecule has 0 unspecified atom stereocenters. The van der Waals surface area contributed by atoms with Crippen LogP contribution in [0.3, 0.4) is 0 Å².